The van der Waals surface area contributed by atoms with E-state index in [0.29, 0.717) is 12.3 Å². The lowest BCUT2D eigenvalue weighted by molar-refractivity contribution is -0.121. The number of amides is 2. The molecule has 0 aliphatic heterocycles. The van der Waals surface area contributed by atoms with Gasteiger partial charge in [-0.05, 0) is 49.9 Å². The van der Waals surface area contributed by atoms with Crippen LogP contribution in [-0.2, 0) is 14.8 Å². The van der Waals surface area contributed by atoms with Gasteiger partial charge in [-0.15, -0.1) is 0 Å². The minimum atomic E-state index is -4.14. The van der Waals surface area contributed by atoms with Crippen molar-refractivity contribution >= 4 is 21.8 Å². The molecule has 1 saturated carbocycles. The topological polar surface area (TPSA) is 163 Å². The zero-order valence-corrected chi connectivity index (χ0v) is 23.0. The Morgan fingerprint density at radius 2 is 1.86 bits per heavy atom. The van der Waals surface area contributed by atoms with Crippen molar-refractivity contribution in [3.8, 4) is 23.0 Å². The average molecular weight is 615 g/mol. The van der Waals surface area contributed by atoms with Gasteiger partial charge in [0.15, 0.2) is 23.0 Å². The maximum Gasteiger partial charge on any atom is 0.387 e. The van der Waals surface area contributed by atoms with E-state index >= 15 is 0 Å². The molecule has 1 unspecified atom stereocenters. The van der Waals surface area contributed by atoms with Crippen molar-refractivity contribution in [2.75, 3.05) is 12.9 Å². The molecule has 16 heteroatoms. The molecule has 2 amide bonds. The number of rotatable bonds is 12. The van der Waals surface area contributed by atoms with Crippen molar-refractivity contribution in [2.45, 2.75) is 38.5 Å². The van der Waals surface area contributed by atoms with Gasteiger partial charge in [0.05, 0.1) is 18.9 Å². The molecule has 0 saturated heterocycles. The summed E-state index contributed by atoms with van der Waals surface area (Å²) < 4.78 is 94.8. The van der Waals surface area contributed by atoms with Crippen molar-refractivity contribution in [1.82, 2.24) is 15.0 Å². The van der Waals surface area contributed by atoms with Gasteiger partial charge >= 0.3 is 6.61 Å². The maximum atomic E-state index is 14.6. The highest BCUT2D eigenvalue weighted by Gasteiger charge is 2.32. The summed E-state index contributed by atoms with van der Waals surface area (Å²) in [5, 5.41) is 2.19. The minimum Gasteiger partial charge on any atom is -0.489 e. The Kier molecular flexibility index (Phi) is 9.06. The lowest BCUT2D eigenvalue weighted by Gasteiger charge is -2.18. The van der Waals surface area contributed by atoms with E-state index in [1.165, 1.54) is 25.1 Å². The number of hydrogen-bond acceptors (Lipinski definition) is 9. The number of benzene rings is 2. The van der Waals surface area contributed by atoms with E-state index in [4.69, 9.17) is 14.9 Å². The van der Waals surface area contributed by atoms with E-state index in [-0.39, 0.29) is 41.2 Å². The molecule has 2 aromatic carbocycles. The van der Waals surface area contributed by atoms with Gasteiger partial charge in [0.25, 0.3) is 11.8 Å². The fourth-order valence-electron chi connectivity index (χ4n) is 3.83. The predicted molar refractivity (Wildman–Crippen MR) is 139 cm³/mol. The first-order valence-corrected chi connectivity index (χ1v) is 14.4. The fourth-order valence-corrected chi connectivity index (χ4v) is 4.31. The van der Waals surface area contributed by atoms with Crippen LogP contribution in [-0.4, -0.2) is 44.7 Å². The summed E-state index contributed by atoms with van der Waals surface area (Å²) in [7, 11) is -4.14. The number of nitrogens with one attached hydrogen (secondary N) is 2. The largest absolute Gasteiger partial charge is 0.489 e. The van der Waals surface area contributed by atoms with Gasteiger partial charge in [-0.25, -0.2) is 22.2 Å². The van der Waals surface area contributed by atoms with Crippen LogP contribution in [0.5, 0.6) is 11.5 Å². The molecule has 1 aliphatic carbocycles. The molecule has 0 radical (unpaired) electrons. The van der Waals surface area contributed by atoms with E-state index in [1.807, 2.05) is 0 Å². The first kappa shape index (κ1) is 30.8. The standard InChI is InChI=1S/C26H26F4N4O7S/c1-12(31)22-21(23(35)32-20(24(36)34-42(2,37)38)16-7-6-15(27)10-17(16)28)33-25(41-22)14-5-8-18(40-26(29)30)19(9-14)39-11-13-3-4-13/h5-10,12-13,20,26H,3-4,11,31H2,1-2H3,(H,32,35)(H,34,36)/t12-,20?/m0/s1. The zero-order chi connectivity index (χ0) is 30.8. The maximum absolute atomic E-state index is 14.6. The van der Waals surface area contributed by atoms with Gasteiger partial charge in [-0.3, -0.25) is 14.3 Å². The van der Waals surface area contributed by atoms with Gasteiger partial charge < -0.3 is 24.9 Å². The number of carbonyl (C=O) groups excluding carboxylic acids is 2. The van der Waals surface area contributed by atoms with Crippen LogP contribution in [0.1, 0.15) is 53.7 Å². The second-order valence-electron chi connectivity index (χ2n) is 9.63. The first-order chi connectivity index (χ1) is 19.7. The number of hydrogen-bond donors (Lipinski definition) is 3. The van der Waals surface area contributed by atoms with E-state index in [2.05, 4.69) is 15.0 Å². The van der Waals surface area contributed by atoms with Crippen LogP contribution >= 0.6 is 0 Å². The van der Waals surface area contributed by atoms with Crippen molar-refractivity contribution in [3.05, 3.63) is 65.1 Å². The molecule has 0 spiro atoms. The van der Waals surface area contributed by atoms with E-state index < -0.39 is 63.4 Å². The molecule has 42 heavy (non-hydrogen) atoms. The number of nitrogens with two attached hydrogens (primary N) is 1. The van der Waals surface area contributed by atoms with E-state index in [0.717, 1.165) is 25.0 Å². The highest BCUT2D eigenvalue weighted by atomic mass is 32.2. The predicted octanol–water partition coefficient (Wildman–Crippen LogP) is 3.58. The number of alkyl halides is 2. The molecule has 1 fully saturated rings. The molecule has 1 aromatic heterocycles. The third kappa shape index (κ3) is 7.76. The minimum absolute atomic E-state index is 0.0180. The molecule has 2 atom stereocenters. The van der Waals surface area contributed by atoms with Crippen molar-refractivity contribution in [3.63, 3.8) is 0 Å². The Hall–Kier alpha value is -4.18. The Morgan fingerprint density at radius 3 is 2.45 bits per heavy atom. The summed E-state index contributed by atoms with van der Waals surface area (Å²) in [5.74, 6) is -4.98. The molecule has 1 heterocycles. The SMILES string of the molecule is C[C@H](N)c1oc(-c2ccc(OC(F)F)c(OCC3CC3)c2)nc1C(=O)NC(C(=O)NS(C)(=O)=O)c1ccc(F)cc1F. The molecule has 0 bridgehead atoms. The quantitative estimate of drug-likeness (QED) is 0.259. The highest BCUT2D eigenvalue weighted by molar-refractivity contribution is 7.89. The first-order valence-electron chi connectivity index (χ1n) is 12.5. The van der Waals surface area contributed by atoms with Gasteiger partial charge in [-0.2, -0.15) is 8.78 Å². The number of nitrogens with zero attached hydrogens (tertiary/aromatic N) is 1. The number of oxazole rings is 1. The van der Waals surface area contributed by atoms with Crippen LogP contribution in [0.25, 0.3) is 11.5 Å². The van der Waals surface area contributed by atoms with E-state index in [1.54, 1.807) is 4.72 Å². The van der Waals surface area contributed by atoms with Crippen molar-refractivity contribution in [2.24, 2.45) is 11.7 Å². The summed E-state index contributed by atoms with van der Waals surface area (Å²) in [6.45, 7) is -1.39. The van der Waals surface area contributed by atoms with Crippen LogP contribution in [0.2, 0.25) is 0 Å². The monoisotopic (exact) mass is 614 g/mol. The Morgan fingerprint density at radius 1 is 1.14 bits per heavy atom. The molecule has 226 valence electrons. The van der Waals surface area contributed by atoms with Crippen LogP contribution in [0.4, 0.5) is 17.6 Å². The lowest BCUT2D eigenvalue weighted by atomic mass is 10.0. The van der Waals surface area contributed by atoms with E-state index in [9.17, 15) is 35.6 Å². The average Bonchev–Trinajstić information content (AvgIpc) is 3.60. The molecule has 1 aliphatic rings. The Labute approximate surface area is 237 Å². The summed E-state index contributed by atoms with van der Waals surface area (Å²) in [4.78, 5) is 30.2. The number of sulfonamides is 1. The highest BCUT2D eigenvalue weighted by Crippen LogP contribution is 2.37. The Balaban J connectivity index is 1.69. The second-order valence-corrected chi connectivity index (χ2v) is 11.4. The zero-order valence-electron chi connectivity index (χ0n) is 22.2. The second kappa shape index (κ2) is 12.4. The van der Waals surface area contributed by atoms with Crippen LogP contribution in [0, 0.1) is 17.6 Å². The van der Waals surface area contributed by atoms with Crippen molar-refractivity contribution in [1.29, 1.82) is 0 Å². The molecular formula is C26H26F4N4O7S. The Bertz CT molecular complexity index is 1590. The summed E-state index contributed by atoms with van der Waals surface area (Å²) in [6, 6.07) is 3.12. The van der Waals surface area contributed by atoms with Crippen LogP contribution < -0.4 is 25.2 Å². The van der Waals surface area contributed by atoms with Gasteiger partial charge in [0, 0.05) is 17.2 Å². The lowest BCUT2D eigenvalue weighted by Crippen LogP contribution is -2.43. The van der Waals surface area contributed by atoms with Crippen LogP contribution in [0.3, 0.4) is 0 Å². The van der Waals surface area contributed by atoms with Gasteiger partial charge in [0.1, 0.15) is 17.7 Å². The molecule has 3 aromatic rings. The molecule has 4 N–H and O–H groups in total. The third-order valence-electron chi connectivity index (χ3n) is 5.96. The fraction of sp³-hybridized carbons (Fsp3) is 0.346. The summed E-state index contributed by atoms with van der Waals surface area (Å²) >= 11 is 0. The van der Waals surface area contributed by atoms with Crippen molar-refractivity contribution < 1.29 is 49.5 Å². The molecule has 11 nitrogen and oxygen atoms in total. The van der Waals surface area contributed by atoms with Gasteiger partial charge in [-0.1, -0.05) is 6.07 Å². The number of carbonyl (C=O) groups is 2. The summed E-state index contributed by atoms with van der Waals surface area (Å²) in [6.07, 6.45) is 2.54. The number of ether oxygens (including phenoxy) is 2. The smallest absolute Gasteiger partial charge is 0.387 e. The van der Waals surface area contributed by atoms with Gasteiger partial charge in [0.2, 0.25) is 15.9 Å². The normalized spacial score (nSPS) is 14.8. The molecule has 4 rings (SSSR count). The number of halogens is 4. The molecular weight excluding hydrogens is 588 g/mol. The summed E-state index contributed by atoms with van der Waals surface area (Å²) in [5.41, 5.74) is 5.18. The van der Waals surface area contributed by atoms with Crippen LogP contribution in [0.15, 0.2) is 40.8 Å². The third-order valence-corrected chi connectivity index (χ3v) is 6.53. The number of aromatic nitrogens is 1.